The molecule has 1 unspecified atom stereocenters. The Labute approximate surface area is 166 Å². The maximum absolute atomic E-state index is 4.39. The van der Waals surface area contributed by atoms with Gasteiger partial charge in [0.25, 0.3) is 0 Å². The second-order valence-electron chi connectivity index (χ2n) is 7.51. The van der Waals surface area contributed by atoms with Crippen LogP contribution in [0.3, 0.4) is 0 Å². The highest BCUT2D eigenvalue weighted by Gasteiger charge is 2.15. The summed E-state index contributed by atoms with van der Waals surface area (Å²) < 4.78 is 0. The molecule has 0 fully saturated rings. The third-order valence-electron chi connectivity index (χ3n) is 5.54. The van der Waals surface area contributed by atoms with Gasteiger partial charge in [0.15, 0.2) is 5.96 Å². The maximum atomic E-state index is 4.39. The smallest absolute Gasteiger partial charge is 0.191 e. The molecule has 0 radical (unpaired) electrons. The molecule has 5 nitrogen and oxygen atoms in total. The topological polar surface area (TPSA) is 42.9 Å². The standard InChI is InChI=1S/C22H39N5/c1-5-26(6-2)15-9-10-19(3)25-22(23-4)24-14-17-27-16-13-20-11-7-8-12-21(20)18-27/h7-8,11-12,19H,5-6,9-10,13-18H2,1-4H3,(H2,23,24,25). The third-order valence-corrected chi connectivity index (χ3v) is 5.54. The Bertz CT molecular complexity index is 568. The number of guanidine groups is 1. The molecular weight excluding hydrogens is 334 g/mol. The van der Waals surface area contributed by atoms with Gasteiger partial charge in [-0.15, -0.1) is 0 Å². The monoisotopic (exact) mass is 373 g/mol. The van der Waals surface area contributed by atoms with Gasteiger partial charge in [0, 0.05) is 39.3 Å². The van der Waals surface area contributed by atoms with E-state index >= 15 is 0 Å². The first-order valence-corrected chi connectivity index (χ1v) is 10.6. The molecule has 0 spiro atoms. The van der Waals surface area contributed by atoms with Gasteiger partial charge in [-0.3, -0.25) is 9.89 Å². The molecule has 2 rings (SSSR count). The lowest BCUT2D eigenvalue weighted by Crippen LogP contribution is -2.45. The normalized spacial score (nSPS) is 16.3. The highest BCUT2D eigenvalue weighted by Crippen LogP contribution is 2.17. The molecule has 2 N–H and O–H groups in total. The van der Waals surface area contributed by atoms with Gasteiger partial charge in [0.1, 0.15) is 0 Å². The zero-order chi connectivity index (χ0) is 19.5. The first-order valence-electron chi connectivity index (χ1n) is 10.6. The second kappa shape index (κ2) is 12.0. The molecule has 0 aromatic heterocycles. The van der Waals surface area contributed by atoms with Crippen molar-refractivity contribution in [3.8, 4) is 0 Å². The van der Waals surface area contributed by atoms with Crippen molar-refractivity contribution in [2.24, 2.45) is 4.99 Å². The number of fused-ring (bicyclic) bond motifs is 1. The van der Waals surface area contributed by atoms with Crippen LogP contribution in [0.15, 0.2) is 29.3 Å². The molecule has 152 valence electrons. The highest BCUT2D eigenvalue weighted by atomic mass is 15.2. The zero-order valence-electron chi connectivity index (χ0n) is 17.8. The Hall–Kier alpha value is -1.59. The number of nitrogens with zero attached hydrogens (tertiary/aromatic N) is 3. The van der Waals surface area contributed by atoms with E-state index in [0.717, 1.165) is 51.6 Å². The van der Waals surface area contributed by atoms with Crippen molar-refractivity contribution in [2.45, 2.75) is 52.6 Å². The lowest BCUT2D eigenvalue weighted by atomic mass is 10.00. The fourth-order valence-electron chi connectivity index (χ4n) is 3.74. The number of nitrogens with one attached hydrogen (secondary N) is 2. The fraction of sp³-hybridized carbons (Fsp3) is 0.682. The van der Waals surface area contributed by atoms with E-state index in [1.807, 2.05) is 7.05 Å². The van der Waals surface area contributed by atoms with Gasteiger partial charge < -0.3 is 15.5 Å². The van der Waals surface area contributed by atoms with Crippen molar-refractivity contribution in [3.63, 3.8) is 0 Å². The summed E-state index contributed by atoms with van der Waals surface area (Å²) in [7, 11) is 1.86. The van der Waals surface area contributed by atoms with Crippen molar-refractivity contribution in [2.75, 3.05) is 46.3 Å². The van der Waals surface area contributed by atoms with Gasteiger partial charge in [0.2, 0.25) is 0 Å². The number of aliphatic imine (C=N–C) groups is 1. The molecule has 0 saturated carbocycles. The van der Waals surface area contributed by atoms with Gasteiger partial charge in [0.05, 0.1) is 0 Å². The van der Waals surface area contributed by atoms with Gasteiger partial charge in [-0.1, -0.05) is 38.1 Å². The summed E-state index contributed by atoms with van der Waals surface area (Å²) in [5, 5.41) is 7.01. The minimum atomic E-state index is 0.439. The average molecular weight is 374 g/mol. The van der Waals surface area contributed by atoms with Crippen molar-refractivity contribution in [1.29, 1.82) is 0 Å². The van der Waals surface area contributed by atoms with Crippen LogP contribution in [-0.4, -0.2) is 68.1 Å². The van der Waals surface area contributed by atoms with Crippen LogP contribution in [0.1, 0.15) is 44.7 Å². The molecule has 0 aliphatic carbocycles. The summed E-state index contributed by atoms with van der Waals surface area (Å²) in [6.45, 7) is 14.4. The molecule has 0 saturated heterocycles. The molecule has 1 aromatic rings. The Morgan fingerprint density at radius 3 is 2.67 bits per heavy atom. The molecule has 5 heteroatoms. The molecule has 1 aliphatic rings. The van der Waals surface area contributed by atoms with E-state index in [4.69, 9.17) is 0 Å². The Kier molecular flexibility index (Phi) is 9.64. The summed E-state index contributed by atoms with van der Waals surface area (Å²) in [5.74, 6) is 0.919. The van der Waals surface area contributed by atoms with E-state index in [0.29, 0.717) is 6.04 Å². The van der Waals surface area contributed by atoms with Crippen LogP contribution in [0.5, 0.6) is 0 Å². The zero-order valence-corrected chi connectivity index (χ0v) is 17.8. The Morgan fingerprint density at radius 1 is 1.22 bits per heavy atom. The maximum Gasteiger partial charge on any atom is 0.191 e. The SMILES string of the molecule is CCN(CC)CCCC(C)NC(=NC)NCCN1CCc2ccccc2C1. The van der Waals surface area contributed by atoms with Crippen LogP contribution in [0.4, 0.5) is 0 Å². The highest BCUT2D eigenvalue weighted by molar-refractivity contribution is 5.79. The van der Waals surface area contributed by atoms with Crippen LogP contribution in [0.2, 0.25) is 0 Å². The molecule has 1 heterocycles. The summed E-state index contributed by atoms with van der Waals surface area (Å²) in [6, 6.07) is 9.25. The molecule has 1 atom stereocenters. The largest absolute Gasteiger partial charge is 0.355 e. The van der Waals surface area contributed by atoms with E-state index < -0.39 is 0 Å². The molecule has 1 aromatic carbocycles. The van der Waals surface area contributed by atoms with E-state index in [9.17, 15) is 0 Å². The summed E-state index contributed by atoms with van der Waals surface area (Å²) >= 11 is 0. The van der Waals surface area contributed by atoms with Crippen LogP contribution >= 0.6 is 0 Å². The summed E-state index contributed by atoms with van der Waals surface area (Å²) in [6.07, 6.45) is 3.55. The number of hydrogen-bond acceptors (Lipinski definition) is 3. The van der Waals surface area contributed by atoms with Crippen molar-refractivity contribution >= 4 is 5.96 Å². The van der Waals surface area contributed by atoms with E-state index in [1.54, 1.807) is 0 Å². The van der Waals surface area contributed by atoms with Crippen LogP contribution in [-0.2, 0) is 13.0 Å². The minimum Gasteiger partial charge on any atom is -0.355 e. The molecule has 0 amide bonds. The van der Waals surface area contributed by atoms with Crippen LogP contribution in [0.25, 0.3) is 0 Å². The first-order chi connectivity index (χ1) is 13.2. The van der Waals surface area contributed by atoms with Gasteiger partial charge in [-0.25, -0.2) is 0 Å². The predicted octanol–water partition coefficient (Wildman–Crippen LogP) is 2.72. The van der Waals surface area contributed by atoms with Crippen LogP contribution in [0, 0.1) is 0 Å². The number of hydrogen-bond donors (Lipinski definition) is 2. The Balaban J connectivity index is 1.64. The third kappa shape index (κ3) is 7.51. The second-order valence-corrected chi connectivity index (χ2v) is 7.51. The lowest BCUT2D eigenvalue weighted by Gasteiger charge is -2.29. The van der Waals surface area contributed by atoms with E-state index in [1.165, 1.54) is 30.5 Å². The number of rotatable bonds is 10. The van der Waals surface area contributed by atoms with Gasteiger partial charge in [-0.2, -0.15) is 0 Å². The Morgan fingerprint density at radius 2 is 1.96 bits per heavy atom. The fourth-order valence-corrected chi connectivity index (χ4v) is 3.74. The molecule has 1 aliphatic heterocycles. The summed E-state index contributed by atoms with van der Waals surface area (Å²) in [4.78, 5) is 9.39. The minimum absolute atomic E-state index is 0.439. The van der Waals surface area contributed by atoms with Crippen molar-refractivity contribution in [3.05, 3.63) is 35.4 Å². The van der Waals surface area contributed by atoms with Gasteiger partial charge in [-0.05, 0) is 56.9 Å². The van der Waals surface area contributed by atoms with Crippen molar-refractivity contribution in [1.82, 2.24) is 20.4 Å². The quantitative estimate of drug-likeness (QED) is 0.489. The van der Waals surface area contributed by atoms with E-state index in [-0.39, 0.29) is 0 Å². The predicted molar refractivity (Wildman–Crippen MR) is 116 cm³/mol. The first kappa shape index (κ1) is 21.7. The van der Waals surface area contributed by atoms with Gasteiger partial charge >= 0.3 is 0 Å². The molecular formula is C22H39N5. The van der Waals surface area contributed by atoms with Crippen molar-refractivity contribution < 1.29 is 0 Å². The van der Waals surface area contributed by atoms with E-state index in [2.05, 4.69) is 70.5 Å². The number of benzene rings is 1. The molecule has 0 bridgehead atoms. The average Bonchev–Trinajstić information content (AvgIpc) is 2.70. The summed E-state index contributed by atoms with van der Waals surface area (Å²) in [5.41, 5.74) is 2.99. The lowest BCUT2D eigenvalue weighted by molar-refractivity contribution is 0.258. The molecule has 27 heavy (non-hydrogen) atoms. The van der Waals surface area contributed by atoms with Crippen LogP contribution < -0.4 is 10.6 Å².